The summed E-state index contributed by atoms with van der Waals surface area (Å²) in [6, 6.07) is 8.29. The SMILES string of the molecule is CC(=O)c1ccc(C2=CC3=CC(=O)OC3C3CCCCN3[C@H]2C)cc1. The van der Waals surface area contributed by atoms with Crippen molar-refractivity contribution in [3.63, 3.8) is 0 Å². The zero-order chi connectivity index (χ0) is 17.6. The highest BCUT2D eigenvalue weighted by Crippen LogP contribution is 2.38. The Balaban J connectivity index is 1.77. The van der Waals surface area contributed by atoms with Crippen LogP contribution < -0.4 is 0 Å². The summed E-state index contributed by atoms with van der Waals surface area (Å²) in [4.78, 5) is 25.9. The lowest BCUT2D eigenvalue weighted by molar-refractivity contribution is -0.142. The van der Waals surface area contributed by atoms with Crippen LogP contribution in [0.3, 0.4) is 0 Å². The molecule has 130 valence electrons. The first-order chi connectivity index (χ1) is 12.0. The third-order valence-corrected chi connectivity index (χ3v) is 5.69. The van der Waals surface area contributed by atoms with Gasteiger partial charge in [0.1, 0.15) is 6.10 Å². The number of fused-ring (bicyclic) bond motifs is 3. The lowest BCUT2D eigenvalue weighted by Gasteiger charge is -2.41. The van der Waals surface area contributed by atoms with E-state index in [1.54, 1.807) is 13.0 Å². The number of nitrogens with zero attached hydrogens (tertiary/aromatic N) is 1. The van der Waals surface area contributed by atoms with E-state index >= 15 is 0 Å². The molecule has 25 heavy (non-hydrogen) atoms. The summed E-state index contributed by atoms with van der Waals surface area (Å²) in [7, 11) is 0. The lowest BCUT2D eigenvalue weighted by Crippen LogP contribution is -2.50. The molecule has 3 atom stereocenters. The Morgan fingerprint density at radius 1 is 1.16 bits per heavy atom. The van der Waals surface area contributed by atoms with Gasteiger partial charge in [0.05, 0.1) is 6.04 Å². The van der Waals surface area contributed by atoms with E-state index in [9.17, 15) is 9.59 Å². The maximum absolute atomic E-state index is 11.9. The molecular weight excluding hydrogens is 314 g/mol. The van der Waals surface area contributed by atoms with E-state index in [1.165, 1.54) is 18.4 Å². The molecular formula is C21H23NO3. The van der Waals surface area contributed by atoms with Crippen molar-refractivity contribution in [1.29, 1.82) is 0 Å². The average molecular weight is 337 g/mol. The van der Waals surface area contributed by atoms with Crippen molar-refractivity contribution in [2.24, 2.45) is 0 Å². The van der Waals surface area contributed by atoms with Gasteiger partial charge in [0, 0.05) is 23.3 Å². The minimum atomic E-state index is -0.234. The van der Waals surface area contributed by atoms with E-state index in [0.29, 0.717) is 0 Å². The van der Waals surface area contributed by atoms with Gasteiger partial charge in [-0.05, 0) is 50.4 Å². The first kappa shape index (κ1) is 16.3. The number of carbonyl (C=O) groups is 2. The van der Waals surface area contributed by atoms with Gasteiger partial charge < -0.3 is 4.74 Å². The zero-order valence-electron chi connectivity index (χ0n) is 14.7. The van der Waals surface area contributed by atoms with Gasteiger partial charge in [-0.2, -0.15) is 0 Å². The Bertz CT molecular complexity index is 775. The van der Waals surface area contributed by atoms with Crippen molar-refractivity contribution in [3.8, 4) is 0 Å². The van der Waals surface area contributed by atoms with Gasteiger partial charge in [0.2, 0.25) is 0 Å². The van der Waals surface area contributed by atoms with E-state index in [0.717, 1.165) is 29.7 Å². The highest BCUT2D eigenvalue weighted by atomic mass is 16.5. The van der Waals surface area contributed by atoms with E-state index in [4.69, 9.17) is 4.74 Å². The van der Waals surface area contributed by atoms with Gasteiger partial charge in [0.25, 0.3) is 0 Å². The molecule has 0 aromatic heterocycles. The van der Waals surface area contributed by atoms with Crippen molar-refractivity contribution in [3.05, 3.63) is 53.1 Å². The monoisotopic (exact) mass is 337 g/mol. The minimum absolute atomic E-state index is 0.0723. The summed E-state index contributed by atoms with van der Waals surface area (Å²) >= 11 is 0. The molecule has 0 spiro atoms. The van der Waals surface area contributed by atoms with Crippen LogP contribution in [-0.2, 0) is 9.53 Å². The third kappa shape index (κ3) is 2.85. The van der Waals surface area contributed by atoms with Gasteiger partial charge in [-0.1, -0.05) is 30.7 Å². The number of piperidine rings is 1. The van der Waals surface area contributed by atoms with Crippen LogP contribution in [0.2, 0.25) is 0 Å². The fourth-order valence-corrected chi connectivity index (χ4v) is 4.36. The number of benzene rings is 1. The molecule has 0 amide bonds. The molecule has 0 radical (unpaired) electrons. The number of Topliss-reactive ketones (excluding diaryl/α,β-unsaturated/α-hetero) is 1. The standard InChI is InChI=1S/C21H23NO3/c1-13-18(16-8-6-15(7-9-16)14(2)23)11-17-12-20(24)25-21(17)19-5-3-4-10-22(13)19/h6-9,11-13,19,21H,3-5,10H2,1-2H3/t13-,19?,21?/m0/s1. The Hall–Kier alpha value is -2.20. The summed E-state index contributed by atoms with van der Waals surface area (Å²) in [5.74, 6) is -0.161. The molecule has 0 saturated carbocycles. The second kappa shape index (κ2) is 6.26. The fourth-order valence-electron chi connectivity index (χ4n) is 4.36. The van der Waals surface area contributed by atoms with Crippen LogP contribution in [0.1, 0.15) is 49.0 Å². The number of rotatable bonds is 2. The second-order valence-electron chi connectivity index (χ2n) is 7.21. The van der Waals surface area contributed by atoms with Gasteiger partial charge in [-0.3, -0.25) is 9.69 Å². The van der Waals surface area contributed by atoms with Crippen LogP contribution in [0.15, 0.2) is 42.0 Å². The highest BCUT2D eigenvalue weighted by molar-refractivity contribution is 5.94. The Morgan fingerprint density at radius 2 is 1.92 bits per heavy atom. The fraction of sp³-hybridized carbons (Fsp3) is 0.429. The van der Waals surface area contributed by atoms with Crippen LogP contribution in [-0.4, -0.2) is 41.4 Å². The van der Waals surface area contributed by atoms with Crippen molar-refractivity contribution < 1.29 is 14.3 Å². The smallest absolute Gasteiger partial charge is 0.331 e. The highest BCUT2D eigenvalue weighted by Gasteiger charge is 2.42. The summed E-state index contributed by atoms with van der Waals surface area (Å²) in [6.07, 6.45) is 7.03. The van der Waals surface area contributed by atoms with Gasteiger partial charge in [-0.15, -0.1) is 0 Å². The topological polar surface area (TPSA) is 46.6 Å². The van der Waals surface area contributed by atoms with Crippen molar-refractivity contribution in [1.82, 2.24) is 4.90 Å². The molecule has 1 fully saturated rings. The third-order valence-electron chi connectivity index (χ3n) is 5.69. The van der Waals surface area contributed by atoms with Gasteiger partial charge in [0.15, 0.2) is 5.78 Å². The summed E-state index contributed by atoms with van der Waals surface area (Å²) in [6.45, 7) is 4.83. The maximum atomic E-state index is 11.9. The molecule has 4 nitrogen and oxygen atoms in total. The zero-order valence-corrected chi connectivity index (χ0v) is 14.7. The van der Waals surface area contributed by atoms with Crippen LogP contribution in [0.5, 0.6) is 0 Å². The molecule has 1 saturated heterocycles. The lowest BCUT2D eigenvalue weighted by atomic mass is 9.93. The summed E-state index contributed by atoms with van der Waals surface area (Å²) < 4.78 is 5.64. The predicted molar refractivity (Wildman–Crippen MR) is 96.2 cm³/mol. The molecule has 3 heterocycles. The molecule has 1 aromatic carbocycles. The van der Waals surface area contributed by atoms with Crippen molar-refractivity contribution in [2.75, 3.05) is 6.54 Å². The van der Waals surface area contributed by atoms with E-state index in [-0.39, 0.29) is 29.9 Å². The van der Waals surface area contributed by atoms with E-state index in [1.807, 2.05) is 24.3 Å². The number of hydrogen-bond acceptors (Lipinski definition) is 4. The molecule has 0 aliphatic carbocycles. The predicted octanol–water partition coefficient (Wildman–Crippen LogP) is 3.38. The molecule has 4 heteroatoms. The van der Waals surface area contributed by atoms with Crippen LogP contribution >= 0.6 is 0 Å². The normalized spacial score (nSPS) is 29.0. The van der Waals surface area contributed by atoms with Gasteiger partial charge in [-0.25, -0.2) is 4.79 Å². The van der Waals surface area contributed by atoms with Crippen molar-refractivity contribution in [2.45, 2.75) is 51.3 Å². The number of ketones is 1. The first-order valence-electron chi connectivity index (χ1n) is 9.05. The minimum Gasteiger partial charge on any atom is -0.453 e. The Labute approximate surface area is 148 Å². The molecule has 4 rings (SSSR count). The largest absolute Gasteiger partial charge is 0.453 e. The quantitative estimate of drug-likeness (QED) is 0.613. The molecule has 3 aliphatic rings. The number of carbonyl (C=O) groups excluding carboxylic acids is 2. The van der Waals surface area contributed by atoms with Crippen molar-refractivity contribution >= 4 is 17.3 Å². The first-order valence-corrected chi connectivity index (χ1v) is 9.05. The van der Waals surface area contributed by atoms with Crippen LogP contribution in [0.4, 0.5) is 0 Å². The maximum Gasteiger partial charge on any atom is 0.331 e. The molecule has 0 bridgehead atoms. The summed E-state index contributed by atoms with van der Waals surface area (Å²) in [5.41, 5.74) is 3.99. The second-order valence-corrected chi connectivity index (χ2v) is 7.21. The Morgan fingerprint density at radius 3 is 2.64 bits per heavy atom. The molecule has 3 aliphatic heterocycles. The molecule has 2 unspecified atom stereocenters. The Kier molecular flexibility index (Phi) is 4.08. The molecule has 1 aromatic rings. The van der Waals surface area contributed by atoms with Gasteiger partial charge >= 0.3 is 5.97 Å². The number of esters is 1. The van der Waals surface area contributed by atoms with Crippen LogP contribution in [0, 0.1) is 0 Å². The van der Waals surface area contributed by atoms with Crippen LogP contribution in [0.25, 0.3) is 5.57 Å². The number of hydrogen-bond donors (Lipinski definition) is 0. The molecule has 0 N–H and O–H groups in total. The summed E-state index contributed by atoms with van der Waals surface area (Å²) in [5, 5.41) is 0. The number of ether oxygens (including phenoxy) is 1. The van der Waals surface area contributed by atoms with E-state index in [2.05, 4.69) is 17.9 Å². The average Bonchev–Trinajstić information content (AvgIpc) is 2.94. The van der Waals surface area contributed by atoms with E-state index < -0.39 is 0 Å².